The molecule has 0 saturated carbocycles. The molecule has 0 aliphatic carbocycles. The molecule has 1 aromatic carbocycles. The van der Waals surface area contributed by atoms with Crippen molar-refractivity contribution < 1.29 is 14.3 Å². The largest absolute Gasteiger partial charge is 0.497 e. The molecule has 1 aromatic heterocycles. The molecule has 0 saturated heterocycles. The number of nitrogens with two attached hydrogens (primary N) is 1. The molecule has 1 unspecified atom stereocenters. The molecule has 1 amide bonds. The normalized spacial score (nSPS) is 12.3. The van der Waals surface area contributed by atoms with E-state index >= 15 is 0 Å². The van der Waals surface area contributed by atoms with Crippen LogP contribution in [0.3, 0.4) is 0 Å². The number of fused-ring (bicyclic) bond motifs is 1. The molecule has 2 rings (SSSR count). The van der Waals surface area contributed by atoms with Crippen LogP contribution in [0, 0.1) is 0 Å². The fourth-order valence-corrected chi connectivity index (χ4v) is 2.86. The molecule has 2 aromatic rings. The average Bonchev–Trinajstić information content (AvgIpc) is 2.80. The average molecular weight is 294 g/mol. The number of benzene rings is 1. The lowest BCUT2D eigenvalue weighted by molar-refractivity contribution is 0.0874. The third-order valence-corrected chi connectivity index (χ3v) is 4.26. The van der Waals surface area contributed by atoms with Gasteiger partial charge in [-0.25, -0.2) is 0 Å². The summed E-state index contributed by atoms with van der Waals surface area (Å²) in [5, 5.41) is 3.69. The third-order valence-electron chi connectivity index (χ3n) is 3.09. The van der Waals surface area contributed by atoms with Gasteiger partial charge in [0.1, 0.15) is 10.6 Å². The Labute approximate surface area is 121 Å². The Balaban J connectivity index is 2.25. The van der Waals surface area contributed by atoms with E-state index in [1.54, 1.807) is 14.2 Å². The monoisotopic (exact) mass is 294 g/mol. The van der Waals surface area contributed by atoms with Crippen molar-refractivity contribution in [3.63, 3.8) is 0 Å². The van der Waals surface area contributed by atoms with Crippen molar-refractivity contribution in [1.82, 2.24) is 5.32 Å². The molecule has 0 spiro atoms. The first-order valence-electron chi connectivity index (χ1n) is 6.23. The number of carbonyl (C=O) groups is 1. The smallest absolute Gasteiger partial charge is 0.263 e. The van der Waals surface area contributed by atoms with E-state index in [1.807, 2.05) is 25.1 Å². The lowest BCUT2D eigenvalue weighted by Gasteiger charge is -2.10. The van der Waals surface area contributed by atoms with Gasteiger partial charge in [0.05, 0.1) is 18.9 Å². The number of rotatable bonds is 5. The molecule has 0 aliphatic heterocycles. The quantitative estimate of drug-likeness (QED) is 0.887. The number of carbonyl (C=O) groups excluding carboxylic acids is 1. The van der Waals surface area contributed by atoms with Gasteiger partial charge < -0.3 is 20.5 Å². The molecule has 0 bridgehead atoms. The van der Waals surface area contributed by atoms with Crippen molar-refractivity contribution in [2.24, 2.45) is 0 Å². The van der Waals surface area contributed by atoms with Crippen LogP contribution in [0.2, 0.25) is 0 Å². The zero-order chi connectivity index (χ0) is 14.7. The SMILES string of the molecule is COc1ccc2c(N)c(C(=O)NCC(C)OC)sc2c1. The second kappa shape index (κ2) is 6.11. The summed E-state index contributed by atoms with van der Waals surface area (Å²) in [4.78, 5) is 12.7. The summed E-state index contributed by atoms with van der Waals surface area (Å²) in [7, 11) is 3.22. The first kappa shape index (κ1) is 14.6. The maximum Gasteiger partial charge on any atom is 0.263 e. The van der Waals surface area contributed by atoms with Crippen molar-refractivity contribution in [2.75, 3.05) is 26.5 Å². The van der Waals surface area contributed by atoms with Gasteiger partial charge in [-0.15, -0.1) is 11.3 Å². The fourth-order valence-electron chi connectivity index (χ4n) is 1.79. The van der Waals surface area contributed by atoms with Gasteiger partial charge in [-0.3, -0.25) is 4.79 Å². The number of hydrogen-bond acceptors (Lipinski definition) is 5. The summed E-state index contributed by atoms with van der Waals surface area (Å²) in [5.74, 6) is 0.574. The molecule has 20 heavy (non-hydrogen) atoms. The number of anilines is 1. The minimum Gasteiger partial charge on any atom is -0.497 e. The molecule has 0 fully saturated rings. The topological polar surface area (TPSA) is 73.6 Å². The van der Waals surface area contributed by atoms with Crippen LogP contribution in [0.1, 0.15) is 16.6 Å². The zero-order valence-corrected chi connectivity index (χ0v) is 12.5. The highest BCUT2D eigenvalue weighted by molar-refractivity contribution is 7.21. The lowest BCUT2D eigenvalue weighted by atomic mass is 10.2. The van der Waals surface area contributed by atoms with Crippen LogP contribution in [0.4, 0.5) is 5.69 Å². The zero-order valence-electron chi connectivity index (χ0n) is 11.7. The second-order valence-electron chi connectivity index (χ2n) is 4.46. The van der Waals surface area contributed by atoms with Crippen LogP contribution in [0.15, 0.2) is 18.2 Å². The van der Waals surface area contributed by atoms with Crippen LogP contribution in [0.5, 0.6) is 5.75 Å². The fraction of sp³-hybridized carbons (Fsp3) is 0.357. The van der Waals surface area contributed by atoms with Crippen molar-refractivity contribution in [1.29, 1.82) is 0 Å². The minimum atomic E-state index is -0.174. The van der Waals surface area contributed by atoms with E-state index in [9.17, 15) is 4.79 Å². The Morgan fingerprint density at radius 1 is 1.45 bits per heavy atom. The van der Waals surface area contributed by atoms with E-state index in [0.29, 0.717) is 17.1 Å². The molecule has 1 heterocycles. The molecule has 0 aliphatic rings. The number of hydrogen-bond donors (Lipinski definition) is 2. The standard InChI is InChI=1S/C14H18N2O3S/c1-8(18-2)7-16-14(17)13-12(15)10-5-4-9(19-3)6-11(10)20-13/h4-6,8H,7,15H2,1-3H3,(H,16,17). The van der Waals surface area contributed by atoms with Gasteiger partial charge in [-0.1, -0.05) is 0 Å². The molecule has 1 atom stereocenters. The van der Waals surface area contributed by atoms with Crippen LogP contribution in [0.25, 0.3) is 10.1 Å². The Morgan fingerprint density at radius 2 is 2.20 bits per heavy atom. The van der Waals surface area contributed by atoms with E-state index in [0.717, 1.165) is 15.8 Å². The van der Waals surface area contributed by atoms with Crippen LogP contribution >= 0.6 is 11.3 Å². The first-order chi connectivity index (χ1) is 9.56. The van der Waals surface area contributed by atoms with Crippen molar-refractivity contribution in [3.8, 4) is 5.75 Å². The van der Waals surface area contributed by atoms with Gasteiger partial charge >= 0.3 is 0 Å². The molecule has 5 nitrogen and oxygen atoms in total. The maximum absolute atomic E-state index is 12.1. The number of ether oxygens (including phenoxy) is 2. The summed E-state index contributed by atoms with van der Waals surface area (Å²) >= 11 is 1.36. The Hall–Kier alpha value is -1.79. The Morgan fingerprint density at radius 3 is 2.85 bits per heavy atom. The van der Waals surface area contributed by atoms with Crippen LogP contribution in [-0.2, 0) is 4.74 Å². The predicted octanol–water partition coefficient (Wildman–Crippen LogP) is 2.26. The van der Waals surface area contributed by atoms with Crippen LogP contribution in [-0.4, -0.2) is 32.8 Å². The summed E-state index contributed by atoms with van der Waals surface area (Å²) in [5.41, 5.74) is 6.56. The van der Waals surface area contributed by atoms with Gasteiger partial charge in [0.15, 0.2) is 0 Å². The Bertz CT molecular complexity index is 624. The second-order valence-corrected chi connectivity index (χ2v) is 5.52. The molecular weight excluding hydrogens is 276 g/mol. The number of thiophene rings is 1. The summed E-state index contributed by atoms with van der Waals surface area (Å²) in [6.45, 7) is 2.34. The summed E-state index contributed by atoms with van der Waals surface area (Å²) in [6.07, 6.45) is -0.0327. The van der Waals surface area contributed by atoms with Gasteiger partial charge in [0, 0.05) is 23.7 Å². The number of nitrogen functional groups attached to an aromatic ring is 1. The molecule has 0 radical (unpaired) electrons. The highest BCUT2D eigenvalue weighted by Crippen LogP contribution is 2.35. The van der Waals surface area contributed by atoms with Crippen molar-refractivity contribution in [3.05, 3.63) is 23.1 Å². The molecular formula is C14H18N2O3S. The summed E-state index contributed by atoms with van der Waals surface area (Å²) in [6, 6.07) is 5.58. The van der Waals surface area contributed by atoms with Gasteiger partial charge in [0.25, 0.3) is 5.91 Å². The minimum absolute atomic E-state index is 0.0327. The third kappa shape index (κ3) is 2.86. The van der Waals surface area contributed by atoms with Gasteiger partial charge in [-0.05, 0) is 25.1 Å². The molecule has 3 N–H and O–H groups in total. The van der Waals surface area contributed by atoms with E-state index in [-0.39, 0.29) is 12.0 Å². The predicted molar refractivity (Wildman–Crippen MR) is 81.6 cm³/mol. The first-order valence-corrected chi connectivity index (χ1v) is 7.05. The maximum atomic E-state index is 12.1. The Kier molecular flexibility index (Phi) is 4.46. The van der Waals surface area contributed by atoms with E-state index in [1.165, 1.54) is 11.3 Å². The molecule has 6 heteroatoms. The number of methoxy groups -OCH3 is 2. The highest BCUT2D eigenvalue weighted by atomic mass is 32.1. The van der Waals surface area contributed by atoms with E-state index in [4.69, 9.17) is 15.2 Å². The van der Waals surface area contributed by atoms with Gasteiger partial charge in [-0.2, -0.15) is 0 Å². The van der Waals surface area contributed by atoms with E-state index in [2.05, 4.69) is 5.32 Å². The summed E-state index contributed by atoms with van der Waals surface area (Å²) < 4.78 is 11.2. The van der Waals surface area contributed by atoms with E-state index < -0.39 is 0 Å². The van der Waals surface area contributed by atoms with Crippen molar-refractivity contribution in [2.45, 2.75) is 13.0 Å². The van der Waals surface area contributed by atoms with Gasteiger partial charge in [0.2, 0.25) is 0 Å². The molecule has 108 valence electrons. The van der Waals surface area contributed by atoms with Crippen LogP contribution < -0.4 is 15.8 Å². The lowest BCUT2D eigenvalue weighted by Crippen LogP contribution is -2.31. The number of nitrogens with one attached hydrogen (secondary N) is 1. The highest BCUT2D eigenvalue weighted by Gasteiger charge is 2.17. The number of amides is 1. The van der Waals surface area contributed by atoms with Crippen molar-refractivity contribution >= 4 is 33.0 Å².